The lowest BCUT2D eigenvalue weighted by Gasteiger charge is -2.09. The van der Waals surface area contributed by atoms with Crippen molar-refractivity contribution in [1.29, 1.82) is 0 Å². The van der Waals surface area contributed by atoms with Crippen molar-refractivity contribution < 1.29 is 4.39 Å². The van der Waals surface area contributed by atoms with Crippen LogP contribution in [0.2, 0.25) is 0 Å². The molecule has 2 aromatic carbocycles. The van der Waals surface area contributed by atoms with Gasteiger partial charge in [-0.1, -0.05) is 24.3 Å². The molecule has 0 aliphatic rings. The van der Waals surface area contributed by atoms with Crippen LogP contribution in [0.1, 0.15) is 11.1 Å². The third kappa shape index (κ3) is 3.01. The highest BCUT2D eigenvalue weighted by Crippen LogP contribution is 2.19. The Bertz CT molecular complexity index is 715. The second-order valence-electron chi connectivity index (χ2n) is 4.91. The smallest absolute Gasteiger partial charge is 0.140 e. The summed E-state index contributed by atoms with van der Waals surface area (Å²) >= 11 is 0. The van der Waals surface area contributed by atoms with Crippen molar-refractivity contribution in [2.45, 2.75) is 13.1 Å². The minimum atomic E-state index is -0.241. The van der Waals surface area contributed by atoms with Crippen molar-refractivity contribution in [2.75, 3.05) is 0 Å². The number of halogens is 1. The highest BCUT2D eigenvalue weighted by Gasteiger charge is 2.06. The highest BCUT2D eigenvalue weighted by molar-refractivity contribution is 5.55. The van der Waals surface area contributed by atoms with Gasteiger partial charge in [-0.25, -0.2) is 9.37 Å². The SMILES string of the molecule is NCc1ccc(Cn2ccnc2-c2ccc(F)cc2)cc1. The first kappa shape index (κ1) is 13.5. The maximum atomic E-state index is 13.0. The molecule has 4 heteroatoms. The summed E-state index contributed by atoms with van der Waals surface area (Å²) in [6.45, 7) is 1.27. The van der Waals surface area contributed by atoms with Gasteiger partial charge in [0.05, 0.1) is 0 Å². The Labute approximate surface area is 122 Å². The van der Waals surface area contributed by atoms with Crippen molar-refractivity contribution in [3.05, 3.63) is 77.9 Å². The minimum absolute atomic E-state index is 0.241. The van der Waals surface area contributed by atoms with Crippen molar-refractivity contribution in [3.63, 3.8) is 0 Å². The van der Waals surface area contributed by atoms with Crippen molar-refractivity contribution in [3.8, 4) is 11.4 Å². The zero-order valence-electron chi connectivity index (χ0n) is 11.5. The summed E-state index contributed by atoms with van der Waals surface area (Å²) in [6.07, 6.45) is 3.68. The molecule has 3 rings (SSSR count). The molecular weight excluding hydrogens is 265 g/mol. The zero-order chi connectivity index (χ0) is 14.7. The first-order valence-electron chi connectivity index (χ1n) is 6.81. The zero-order valence-corrected chi connectivity index (χ0v) is 11.5. The van der Waals surface area contributed by atoms with Crippen LogP contribution in [0.4, 0.5) is 4.39 Å². The Kier molecular flexibility index (Phi) is 3.79. The summed E-state index contributed by atoms with van der Waals surface area (Å²) in [5, 5.41) is 0. The predicted molar refractivity (Wildman–Crippen MR) is 81.1 cm³/mol. The lowest BCUT2D eigenvalue weighted by atomic mass is 10.1. The molecule has 0 fully saturated rings. The van der Waals surface area contributed by atoms with E-state index in [0.717, 1.165) is 23.5 Å². The van der Waals surface area contributed by atoms with Crippen LogP contribution in [-0.2, 0) is 13.1 Å². The van der Waals surface area contributed by atoms with Crippen molar-refractivity contribution in [2.24, 2.45) is 5.73 Å². The first-order chi connectivity index (χ1) is 10.3. The van der Waals surface area contributed by atoms with Gasteiger partial charge in [-0.15, -0.1) is 0 Å². The normalized spacial score (nSPS) is 10.8. The van der Waals surface area contributed by atoms with Gasteiger partial charge < -0.3 is 10.3 Å². The van der Waals surface area contributed by atoms with E-state index in [1.54, 1.807) is 18.3 Å². The third-order valence-corrected chi connectivity index (χ3v) is 3.43. The molecule has 0 spiro atoms. The average Bonchev–Trinajstić information content (AvgIpc) is 2.97. The monoisotopic (exact) mass is 281 g/mol. The molecule has 0 amide bonds. The number of nitrogens with zero attached hydrogens (tertiary/aromatic N) is 2. The summed E-state index contributed by atoms with van der Waals surface area (Å²) < 4.78 is 15.1. The van der Waals surface area contributed by atoms with Gasteiger partial charge in [0.1, 0.15) is 11.6 Å². The number of hydrogen-bond acceptors (Lipinski definition) is 2. The quantitative estimate of drug-likeness (QED) is 0.798. The fourth-order valence-corrected chi connectivity index (χ4v) is 2.27. The van der Waals surface area contributed by atoms with Gasteiger partial charge in [0.25, 0.3) is 0 Å². The molecule has 0 radical (unpaired) electrons. The molecule has 3 aromatic rings. The Morgan fingerprint density at radius 1 is 0.952 bits per heavy atom. The number of rotatable bonds is 4. The van der Waals surface area contributed by atoms with Gasteiger partial charge in [-0.05, 0) is 35.4 Å². The van der Waals surface area contributed by atoms with Crippen LogP contribution in [0.5, 0.6) is 0 Å². The van der Waals surface area contributed by atoms with Gasteiger partial charge in [0.2, 0.25) is 0 Å². The van der Waals surface area contributed by atoms with E-state index in [1.165, 1.54) is 17.7 Å². The molecule has 0 saturated carbocycles. The Hall–Kier alpha value is -2.46. The maximum Gasteiger partial charge on any atom is 0.140 e. The number of imidazole rings is 1. The topological polar surface area (TPSA) is 43.8 Å². The van der Waals surface area contributed by atoms with Gasteiger partial charge in [-0.3, -0.25) is 0 Å². The van der Waals surface area contributed by atoms with E-state index >= 15 is 0 Å². The third-order valence-electron chi connectivity index (χ3n) is 3.43. The minimum Gasteiger partial charge on any atom is -0.327 e. The van der Waals surface area contributed by atoms with Gasteiger partial charge >= 0.3 is 0 Å². The molecule has 1 aromatic heterocycles. The average molecular weight is 281 g/mol. The largest absolute Gasteiger partial charge is 0.327 e. The first-order valence-corrected chi connectivity index (χ1v) is 6.81. The fraction of sp³-hybridized carbons (Fsp3) is 0.118. The lowest BCUT2D eigenvalue weighted by Crippen LogP contribution is -2.02. The standard InChI is InChI=1S/C17H16FN3/c18-16-7-5-15(6-8-16)17-20-9-10-21(17)12-14-3-1-13(11-19)2-4-14/h1-10H,11-12,19H2. The maximum absolute atomic E-state index is 13.0. The van der Waals surface area contributed by atoms with E-state index in [4.69, 9.17) is 5.73 Å². The molecule has 106 valence electrons. The van der Waals surface area contributed by atoms with Crippen LogP contribution >= 0.6 is 0 Å². The molecule has 1 heterocycles. The van der Waals surface area contributed by atoms with Crippen LogP contribution < -0.4 is 5.73 Å². The molecule has 0 saturated heterocycles. The van der Waals surface area contributed by atoms with E-state index in [2.05, 4.69) is 17.1 Å². The second kappa shape index (κ2) is 5.89. The van der Waals surface area contributed by atoms with E-state index in [9.17, 15) is 4.39 Å². The second-order valence-corrected chi connectivity index (χ2v) is 4.91. The summed E-state index contributed by atoms with van der Waals surface area (Å²) in [5.74, 6) is 0.590. The Morgan fingerprint density at radius 2 is 1.62 bits per heavy atom. The molecule has 0 aliphatic heterocycles. The fourth-order valence-electron chi connectivity index (χ4n) is 2.27. The Balaban J connectivity index is 1.86. The molecule has 0 unspecified atom stereocenters. The van der Waals surface area contributed by atoms with Crippen LogP contribution in [0.3, 0.4) is 0 Å². The predicted octanol–water partition coefficient (Wildman–Crippen LogP) is 3.20. The van der Waals surface area contributed by atoms with Crippen LogP contribution in [0.25, 0.3) is 11.4 Å². The summed E-state index contributed by atoms with van der Waals surface area (Å²) in [6, 6.07) is 14.6. The summed E-state index contributed by atoms with van der Waals surface area (Å²) in [5.41, 5.74) is 8.79. The van der Waals surface area contributed by atoms with Crippen LogP contribution in [0.15, 0.2) is 60.9 Å². The lowest BCUT2D eigenvalue weighted by molar-refractivity contribution is 0.628. The molecule has 0 bridgehead atoms. The van der Waals surface area contributed by atoms with E-state index in [0.29, 0.717) is 6.54 Å². The highest BCUT2D eigenvalue weighted by atomic mass is 19.1. The van der Waals surface area contributed by atoms with Crippen LogP contribution in [0, 0.1) is 5.82 Å². The molecule has 21 heavy (non-hydrogen) atoms. The molecule has 0 atom stereocenters. The number of benzene rings is 2. The number of aromatic nitrogens is 2. The van der Waals surface area contributed by atoms with E-state index in [1.807, 2.05) is 22.9 Å². The van der Waals surface area contributed by atoms with Crippen molar-refractivity contribution >= 4 is 0 Å². The molecule has 2 N–H and O–H groups in total. The van der Waals surface area contributed by atoms with Gasteiger partial charge in [0.15, 0.2) is 0 Å². The van der Waals surface area contributed by atoms with Crippen molar-refractivity contribution in [1.82, 2.24) is 9.55 Å². The summed E-state index contributed by atoms with van der Waals surface area (Å²) in [7, 11) is 0. The molecule has 3 nitrogen and oxygen atoms in total. The molecule has 0 aliphatic carbocycles. The van der Waals surface area contributed by atoms with Gasteiger partial charge in [-0.2, -0.15) is 0 Å². The van der Waals surface area contributed by atoms with E-state index in [-0.39, 0.29) is 5.82 Å². The summed E-state index contributed by atoms with van der Waals surface area (Å²) in [4.78, 5) is 4.37. The van der Waals surface area contributed by atoms with Crippen LogP contribution in [-0.4, -0.2) is 9.55 Å². The number of nitrogens with two attached hydrogens (primary N) is 1. The molecular formula is C17H16FN3. The number of hydrogen-bond donors (Lipinski definition) is 1. The Morgan fingerprint density at radius 3 is 2.29 bits per heavy atom. The van der Waals surface area contributed by atoms with Gasteiger partial charge in [0, 0.05) is 31.0 Å². The van der Waals surface area contributed by atoms with E-state index < -0.39 is 0 Å².